The second-order valence-corrected chi connectivity index (χ2v) is 12.5. The van der Waals surface area contributed by atoms with Crippen LogP contribution in [-0.4, -0.2) is 43.8 Å². The highest BCUT2D eigenvalue weighted by molar-refractivity contribution is 7.92. The second-order valence-electron chi connectivity index (χ2n) is 9.37. The highest BCUT2D eigenvalue weighted by atomic mass is 35.5. The number of nitrogens with one attached hydrogen (secondary N) is 1. The van der Waals surface area contributed by atoms with Gasteiger partial charge >= 0.3 is 0 Å². The summed E-state index contributed by atoms with van der Waals surface area (Å²) < 4.78 is 28.7. The van der Waals surface area contributed by atoms with Crippen LogP contribution in [0.2, 0.25) is 15.1 Å². The molecule has 3 aromatic rings. The molecule has 0 radical (unpaired) electrons. The van der Waals surface area contributed by atoms with E-state index in [0.717, 1.165) is 9.87 Å². The van der Waals surface area contributed by atoms with Crippen molar-refractivity contribution >= 4 is 62.3 Å². The zero-order valence-electron chi connectivity index (χ0n) is 22.0. The van der Waals surface area contributed by atoms with Gasteiger partial charge in [0.25, 0.3) is 10.0 Å². The minimum atomic E-state index is -4.27. The van der Waals surface area contributed by atoms with Gasteiger partial charge in [-0.2, -0.15) is 0 Å². The summed E-state index contributed by atoms with van der Waals surface area (Å²) in [5, 5.41) is 3.54. The first-order valence-corrected chi connectivity index (χ1v) is 14.8. The van der Waals surface area contributed by atoms with Gasteiger partial charge in [0.05, 0.1) is 15.6 Å². The van der Waals surface area contributed by atoms with Gasteiger partial charge < -0.3 is 10.2 Å². The average Bonchev–Trinajstić information content (AvgIpc) is 2.87. The number of anilines is 1. The fraction of sp³-hybridized carbons (Fsp3) is 0.286. The smallest absolute Gasteiger partial charge is 0.264 e. The van der Waals surface area contributed by atoms with Crippen LogP contribution in [0.25, 0.3) is 0 Å². The van der Waals surface area contributed by atoms with Crippen molar-refractivity contribution in [2.75, 3.05) is 10.8 Å². The molecule has 2 amide bonds. The number of hydrogen-bond donors (Lipinski definition) is 1. The molecule has 0 aliphatic carbocycles. The molecule has 3 aromatic carbocycles. The van der Waals surface area contributed by atoms with Gasteiger partial charge in [-0.25, -0.2) is 8.42 Å². The number of benzene rings is 3. The molecule has 1 N–H and O–H groups in total. The van der Waals surface area contributed by atoms with Crippen LogP contribution in [0.4, 0.5) is 5.69 Å². The predicted molar refractivity (Wildman–Crippen MR) is 157 cm³/mol. The first kappa shape index (κ1) is 30.8. The largest absolute Gasteiger partial charge is 0.352 e. The minimum Gasteiger partial charge on any atom is -0.352 e. The Labute approximate surface area is 244 Å². The van der Waals surface area contributed by atoms with Crippen LogP contribution < -0.4 is 9.62 Å². The van der Waals surface area contributed by atoms with Crippen molar-refractivity contribution in [2.45, 2.75) is 51.2 Å². The molecule has 1 unspecified atom stereocenters. The van der Waals surface area contributed by atoms with Gasteiger partial charge in [0, 0.05) is 22.6 Å². The first-order valence-electron chi connectivity index (χ1n) is 12.2. The number of carbonyl (C=O) groups is 2. The van der Waals surface area contributed by atoms with E-state index in [0.29, 0.717) is 10.6 Å². The number of sulfonamides is 1. The molecule has 0 aliphatic rings. The van der Waals surface area contributed by atoms with Crippen LogP contribution in [0.15, 0.2) is 71.6 Å². The van der Waals surface area contributed by atoms with Gasteiger partial charge in [-0.05, 0) is 69.7 Å². The predicted octanol–water partition coefficient (Wildman–Crippen LogP) is 6.09. The van der Waals surface area contributed by atoms with Gasteiger partial charge in [-0.1, -0.05) is 70.7 Å². The van der Waals surface area contributed by atoms with E-state index in [4.69, 9.17) is 34.8 Å². The van der Waals surface area contributed by atoms with Gasteiger partial charge in [0.1, 0.15) is 12.6 Å². The van der Waals surface area contributed by atoms with Gasteiger partial charge in [-0.15, -0.1) is 0 Å². The normalized spacial score (nSPS) is 12.2. The monoisotopic (exact) mass is 609 g/mol. The summed E-state index contributed by atoms with van der Waals surface area (Å²) in [6.45, 7) is 6.37. The lowest BCUT2D eigenvalue weighted by Crippen LogP contribution is -2.52. The molecule has 0 saturated heterocycles. The van der Waals surface area contributed by atoms with E-state index in [-0.39, 0.29) is 39.1 Å². The molecule has 11 heteroatoms. The molecule has 0 fully saturated rings. The average molecular weight is 611 g/mol. The maximum Gasteiger partial charge on any atom is 0.264 e. The summed E-state index contributed by atoms with van der Waals surface area (Å²) in [5.41, 5.74) is 1.51. The number of aryl methyl sites for hydroxylation is 1. The van der Waals surface area contributed by atoms with Crippen molar-refractivity contribution in [2.24, 2.45) is 0 Å². The Morgan fingerprint density at radius 3 is 2.15 bits per heavy atom. The number of rotatable bonds is 10. The van der Waals surface area contributed by atoms with Crippen molar-refractivity contribution in [1.29, 1.82) is 0 Å². The van der Waals surface area contributed by atoms with Gasteiger partial charge in [0.2, 0.25) is 11.8 Å². The van der Waals surface area contributed by atoms with Crippen molar-refractivity contribution in [3.63, 3.8) is 0 Å². The maximum atomic E-state index is 13.9. The molecule has 208 valence electrons. The quantitative estimate of drug-likeness (QED) is 0.301. The Hall–Kier alpha value is -2.78. The van der Waals surface area contributed by atoms with E-state index in [1.807, 2.05) is 20.8 Å². The zero-order valence-corrected chi connectivity index (χ0v) is 25.1. The molecule has 0 bridgehead atoms. The van der Waals surface area contributed by atoms with Crippen molar-refractivity contribution in [1.82, 2.24) is 10.2 Å². The third kappa shape index (κ3) is 7.66. The van der Waals surface area contributed by atoms with Crippen LogP contribution >= 0.6 is 34.8 Å². The molecule has 0 spiro atoms. The van der Waals surface area contributed by atoms with E-state index in [9.17, 15) is 18.0 Å². The number of halogens is 3. The van der Waals surface area contributed by atoms with Crippen LogP contribution in [0.1, 0.15) is 31.9 Å². The third-order valence-electron chi connectivity index (χ3n) is 5.96. The highest BCUT2D eigenvalue weighted by Gasteiger charge is 2.33. The van der Waals surface area contributed by atoms with E-state index < -0.39 is 28.5 Å². The van der Waals surface area contributed by atoms with Crippen LogP contribution in [0.3, 0.4) is 0 Å². The Morgan fingerprint density at radius 2 is 1.54 bits per heavy atom. The second kappa shape index (κ2) is 13.0. The summed E-state index contributed by atoms with van der Waals surface area (Å²) in [5.74, 6) is -1.02. The maximum absolute atomic E-state index is 13.9. The molecule has 0 aromatic heterocycles. The van der Waals surface area contributed by atoms with Gasteiger partial charge in [-0.3, -0.25) is 13.9 Å². The Kier molecular flexibility index (Phi) is 10.3. The lowest BCUT2D eigenvalue weighted by molar-refractivity contribution is -0.139. The minimum absolute atomic E-state index is 0.0209. The molecule has 7 nitrogen and oxygen atoms in total. The molecule has 3 rings (SSSR count). The fourth-order valence-electron chi connectivity index (χ4n) is 3.83. The topological polar surface area (TPSA) is 86.8 Å². The van der Waals surface area contributed by atoms with Gasteiger partial charge in [0.15, 0.2) is 0 Å². The summed E-state index contributed by atoms with van der Waals surface area (Å²) in [6.07, 6.45) is 0. The summed E-state index contributed by atoms with van der Waals surface area (Å²) in [6, 6.07) is 16.4. The van der Waals surface area contributed by atoms with Crippen molar-refractivity contribution in [3.8, 4) is 0 Å². The lowest BCUT2D eigenvalue weighted by atomic mass is 10.1. The van der Waals surface area contributed by atoms with Crippen molar-refractivity contribution in [3.05, 3.63) is 92.9 Å². The van der Waals surface area contributed by atoms with E-state index in [2.05, 4.69) is 5.32 Å². The Bertz CT molecular complexity index is 1450. The fourth-order valence-corrected chi connectivity index (χ4v) is 5.88. The molecule has 0 saturated carbocycles. The summed E-state index contributed by atoms with van der Waals surface area (Å²) in [7, 11) is -4.27. The summed E-state index contributed by atoms with van der Waals surface area (Å²) >= 11 is 19.0. The number of hydrogen-bond acceptors (Lipinski definition) is 4. The molecule has 0 heterocycles. The number of carbonyl (C=O) groups excluding carboxylic acids is 2. The number of amides is 2. The molecular weight excluding hydrogens is 581 g/mol. The summed E-state index contributed by atoms with van der Waals surface area (Å²) in [4.78, 5) is 28.2. The van der Waals surface area contributed by atoms with E-state index in [1.165, 1.54) is 35.2 Å². The first-order chi connectivity index (χ1) is 18.3. The molecule has 39 heavy (non-hydrogen) atoms. The van der Waals surface area contributed by atoms with E-state index >= 15 is 0 Å². The van der Waals surface area contributed by atoms with Crippen LogP contribution in [0, 0.1) is 6.92 Å². The van der Waals surface area contributed by atoms with Crippen LogP contribution in [0.5, 0.6) is 0 Å². The molecular formula is C28H30Cl3N3O4S. The molecule has 0 aliphatic heterocycles. The third-order valence-corrected chi connectivity index (χ3v) is 8.66. The molecule has 1 atom stereocenters. The van der Waals surface area contributed by atoms with Crippen molar-refractivity contribution < 1.29 is 18.0 Å². The zero-order chi connectivity index (χ0) is 28.9. The highest BCUT2D eigenvalue weighted by Crippen LogP contribution is 2.33. The Morgan fingerprint density at radius 1 is 0.897 bits per heavy atom. The van der Waals surface area contributed by atoms with E-state index in [1.54, 1.807) is 43.3 Å². The standard InChI is InChI=1S/C28H30Cl3N3O4S/c1-18(2)32-28(36)20(4)33(16-21-7-5-6-8-24(21)30)27(35)17-34(26-15-22(29)11-14-25(26)31)39(37,38)23-12-9-19(3)10-13-23/h5-15,18,20H,16-17H2,1-4H3,(H,32,36). The Balaban J connectivity index is 2.09. The SMILES string of the molecule is Cc1ccc(S(=O)(=O)N(CC(=O)N(Cc2ccccc2Cl)C(C)C(=O)NC(C)C)c2cc(Cl)ccc2Cl)cc1. The van der Waals surface area contributed by atoms with Crippen LogP contribution in [-0.2, 0) is 26.2 Å². The number of nitrogens with zero attached hydrogens (tertiary/aromatic N) is 2. The lowest BCUT2D eigenvalue weighted by Gasteiger charge is -2.32.